The molecule has 0 spiro atoms. The smallest absolute Gasteiger partial charge is 0.269 e. The van der Waals surface area contributed by atoms with Gasteiger partial charge in [-0.2, -0.15) is 0 Å². The molecule has 1 aliphatic heterocycles. The summed E-state index contributed by atoms with van der Waals surface area (Å²) in [6.07, 6.45) is 1.79. The summed E-state index contributed by atoms with van der Waals surface area (Å²) in [5.74, 6) is -0.329. The number of hydrogen-bond acceptors (Lipinski definition) is 4. The second-order valence-corrected chi connectivity index (χ2v) is 6.05. The Morgan fingerprint density at radius 2 is 2.00 bits per heavy atom. The summed E-state index contributed by atoms with van der Waals surface area (Å²) in [6, 6.07) is -0.190. The number of aliphatic hydroxyl groups is 1. The van der Waals surface area contributed by atoms with Crippen LogP contribution in [-0.4, -0.2) is 46.6 Å². The first kappa shape index (κ1) is 15.9. The van der Waals surface area contributed by atoms with Gasteiger partial charge in [-0.05, 0) is 39.2 Å². The van der Waals surface area contributed by atoms with E-state index in [0.717, 1.165) is 25.9 Å². The monoisotopic (exact) mass is 271 g/mol. The Kier molecular flexibility index (Phi) is 5.31. The van der Waals surface area contributed by atoms with Crippen LogP contribution >= 0.6 is 0 Å². The third-order valence-electron chi connectivity index (χ3n) is 3.12. The minimum atomic E-state index is -1.50. The van der Waals surface area contributed by atoms with Crippen molar-refractivity contribution in [2.45, 2.75) is 52.2 Å². The molecule has 1 aliphatic rings. The molecule has 0 aromatic carbocycles. The average Bonchev–Trinajstić information content (AvgIpc) is 2.71. The van der Waals surface area contributed by atoms with Crippen LogP contribution in [0.5, 0.6) is 0 Å². The van der Waals surface area contributed by atoms with Gasteiger partial charge in [0.05, 0.1) is 6.04 Å². The average molecular weight is 271 g/mol. The van der Waals surface area contributed by atoms with Gasteiger partial charge >= 0.3 is 0 Å². The van der Waals surface area contributed by atoms with Crippen molar-refractivity contribution in [1.29, 1.82) is 0 Å². The molecule has 1 fully saturated rings. The highest BCUT2D eigenvalue weighted by atomic mass is 16.3. The molecule has 0 bridgehead atoms. The largest absolute Gasteiger partial charge is 0.381 e. The van der Waals surface area contributed by atoms with Gasteiger partial charge in [0, 0.05) is 6.54 Å². The molecule has 2 amide bonds. The van der Waals surface area contributed by atoms with Crippen LogP contribution in [0.4, 0.5) is 0 Å². The Bertz CT molecular complexity index is 337. The zero-order valence-corrected chi connectivity index (χ0v) is 12.2. The van der Waals surface area contributed by atoms with Crippen LogP contribution < -0.4 is 10.9 Å². The van der Waals surface area contributed by atoms with E-state index in [1.165, 1.54) is 13.8 Å². The number of carbonyl (C=O) groups excluding carboxylic acids is 2. The lowest BCUT2D eigenvalue weighted by Crippen LogP contribution is -2.54. The maximum absolute atomic E-state index is 12.0. The molecule has 6 heteroatoms. The topological polar surface area (TPSA) is 81.7 Å². The molecule has 1 unspecified atom stereocenters. The lowest BCUT2D eigenvalue weighted by molar-refractivity contribution is -0.141. The summed E-state index contributed by atoms with van der Waals surface area (Å²) in [6.45, 7) is 8.75. The standard InChI is InChI=1S/C13H25N3O3/c1-9(2)8-16-7-5-6-10(16)11(17)14-15-12(18)13(3,4)19/h9-10,19H,5-8H2,1-4H3,(H,14,17)(H,15,18). The van der Waals surface area contributed by atoms with Crippen molar-refractivity contribution in [3.63, 3.8) is 0 Å². The molecule has 0 saturated carbocycles. The third kappa shape index (κ3) is 4.80. The Hall–Kier alpha value is -1.14. The predicted octanol–water partition coefficient (Wildman–Crippen LogP) is 0.0251. The number of rotatable bonds is 4. The van der Waals surface area contributed by atoms with E-state index < -0.39 is 11.5 Å². The lowest BCUT2D eigenvalue weighted by atomic mass is 10.1. The molecule has 19 heavy (non-hydrogen) atoms. The van der Waals surface area contributed by atoms with E-state index in [9.17, 15) is 14.7 Å². The first-order chi connectivity index (χ1) is 8.71. The van der Waals surface area contributed by atoms with E-state index in [-0.39, 0.29) is 11.9 Å². The van der Waals surface area contributed by atoms with Crippen molar-refractivity contribution in [2.24, 2.45) is 5.92 Å². The minimum absolute atomic E-state index is 0.190. The Balaban J connectivity index is 2.47. The summed E-state index contributed by atoms with van der Waals surface area (Å²) >= 11 is 0. The van der Waals surface area contributed by atoms with Gasteiger partial charge in [-0.25, -0.2) is 0 Å². The van der Waals surface area contributed by atoms with Gasteiger partial charge in [-0.15, -0.1) is 0 Å². The fraction of sp³-hybridized carbons (Fsp3) is 0.846. The molecule has 1 atom stereocenters. The quantitative estimate of drug-likeness (QED) is 0.630. The van der Waals surface area contributed by atoms with Crippen LogP contribution in [0.2, 0.25) is 0 Å². The number of hydrogen-bond donors (Lipinski definition) is 3. The van der Waals surface area contributed by atoms with Crippen LogP contribution in [0, 0.1) is 5.92 Å². The third-order valence-corrected chi connectivity index (χ3v) is 3.12. The van der Waals surface area contributed by atoms with Gasteiger partial charge in [-0.1, -0.05) is 13.8 Å². The zero-order valence-electron chi connectivity index (χ0n) is 12.2. The van der Waals surface area contributed by atoms with Gasteiger partial charge in [0.15, 0.2) is 0 Å². The van der Waals surface area contributed by atoms with Gasteiger partial charge in [0.2, 0.25) is 0 Å². The Labute approximate surface area is 114 Å². The van der Waals surface area contributed by atoms with Crippen LogP contribution in [0.25, 0.3) is 0 Å². The molecule has 1 saturated heterocycles. The summed E-state index contributed by atoms with van der Waals surface area (Å²) in [4.78, 5) is 25.6. The van der Waals surface area contributed by atoms with Gasteiger partial charge in [0.1, 0.15) is 5.60 Å². The van der Waals surface area contributed by atoms with Gasteiger partial charge < -0.3 is 5.11 Å². The second kappa shape index (κ2) is 6.34. The normalized spacial score (nSPS) is 20.6. The van der Waals surface area contributed by atoms with E-state index >= 15 is 0 Å². The van der Waals surface area contributed by atoms with Crippen LogP contribution in [0.15, 0.2) is 0 Å². The number of nitrogens with zero attached hydrogens (tertiary/aromatic N) is 1. The number of nitrogens with one attached hydrogen (secondary N) is 2. The molecular formula is C13H25N3O3. The van der Waals surface area contributed by atoms with Crippen LogP contribution in [-0.2, 0) is 9.59 Å². The van der Waals surface area contributed by atoms with Crippen molar-refractivity contribution in [3.8, 4) is 0 Å². The Morgan fingerprint density at radius 3 is 2.53 bits per heavy atom. The van der Waals surface area contributed by atoms with Crippen molar-refractivity contribution >= 4 is 11.8 Å². The molecule has 0 radical (unpaired) electrons. The predicted molar refractivity (Wildman–Crippen MR) is 72.0 cm³/mol. The fourth-order valence-corrected chi connectivity index (χ4v) is 2.17. The minimum Gasteiger partial charge on any atom is -0.381 e. The van der Waals surface area contributed by atoms with Crippen molar-refractivity contribution < 1.29 is 14.7 Å². The summed E-state index contributed by atoms with van der Waals surface area (Å²) in [5, 5.41) is 9.46. The van der Waals surface area contributed by atoms with Crippen LogP contribution in [0.1, 0.15) is 40.5 Å². The van der Waals surface area contributed by atoms with Gasteiger partial charge in [-0.3, -0.25) is 25.3 Å². The molecule has 3 N–H and O–H groups in total. The molecule has 0 aromatic rings. The molecular weight excluding hydrogens is 246 g/mol. The summed E-state index contributed by atoms with van der Waals surface area (Å²) in [7, 11) is 0. The number of hydrazine groups is 1. The zero-order chi connectivity index (χ0) is 14.6. The molecule has 1 heterocycles. The van der Waals surface area contributed by atoms with Crippen LogP contribution in [0.3, 0.4) is 0 Å². The van der Waals surface area contributed by atoms with Gasteiger partial charge in [0.25, 0.3) is 11.8 Å². The van der Waals surface area contributed by atoms with E-state index in [2.05, 4.69) is 29.6 Å². The first-order valence-corrected chi connectivity index (χ1v) is 6.78. The summed E-state index contributed by atoms with van der Waals surface area (Å²) < 4.78 is 0. The maximum Gasteiger partial charge on any atom is 0.269 e. The molecule has 0 aliphatic carbocycles. The first-order valence-electron chi connectivity index (χ1n) is 6.78. The second-order valence-electron chi connectivity index (χ2n) is 6.05. The molecule has 0 aromatic heterocycles. The fourth-order valence-electron chi connectivity index (χ4n) is 2.17. The van der Waals surface area contributed by atoms with E-state index in [0.29, 0.717) is 5.92 Å². The number of likely N-dealkylation sites (tertiary alicyclic amines) is 1. The van der Waals surface area contributed by atoms with E-state index in [4.69, 9.17) is 0 Å². The highest BCUT2D eigenvalue weighted by molar-refractivity contribution is 5.88. The maximum atomic E-state index is 12.0. The molecule has 1 rings (SSSR count). The number of carbonyl (C=O) groups is 2. The lowest BCUT2D eigenvalue weighted by Gasteiger charge is -2.26. The van der Waals surface area contributed by atoms with E-state index in [1.54, 1.807) is 0 Å². The number of amides is 2. The highest BCUT2D eigenvalue weighted by Crippen LogP contribution is 2.18. The highest BCUT2D eigenvalue weighted by Gasteiger charge is 2.32. The SMILES string of the molecule is CC(C)CN1CCCC1C(=O)NNC(=O)C(C)(C)O. The van der Waals surface area contributed by atoms with Crippen molar-refractivity contribution in [2.75, 3.05) is 13.1 Å². The van der Waals surface area contributed by atoms with E-state index in [1.807, 2.05) is 0 Å². The molecule has 6 nitrogen and oxygen atoms in total. The van der Waals surface area contributed by atoms with Crippen molar-refractivity contribution in [3.05, 3.63) is 0 Å². The van der Waals surface area contributed by atoms with Crippen molar-refractivity contribution in [1.82, 2.24) is 15.8 Å². The summed E-state index contributed by atoms with van der Waals surface area (Å²) in [5.41, 5.74) is 3.15. The molecule has 110 valence electrons. The Morgan fingerprint density at radius 1 is 1.37 bits per heavy atom.